The zero-order valence-corrected chi connectivity index (χ0v) is 28.4. The Morgan fingerprint density at radius 2 is 1.07 bits per heavy atom. The summed E-state index contributed by atoms with van der Waals surface area (Å²) in [6, 6.07) is 0.718. The van der Waals surface area contributed by atoms with Crippen LogP contribution in [0.2, 0.25) is 0 Å². The molecule has 2 aliphatic heterocycles. The van der Waals surface area contributed by atoms with Crippen LogP contribution in [-0.2, 0) is 23.8 Å². The van der Waals surface area contributed by atoms with E-state index < -0.39 is 0 Å². The molecule has 0 aromatic heterocycles. The molecule has 7 heteroatoms. The van der Waals surface area contributed by atoms with Crippen LogP contribution in [0.25, 0.3) is 0 Å². The van der Waals surface area contributed by atoms with E-state index in [-0.39, 0.29) is 41.8 Å². The third-order valence-corrected chi connectivity index (χ3v) is 9.25. The quantitative estimate of drug-likeness (QED) is 0.289. The summed E-state index contributed by atoms with van der Waals surface area (Å²) in [7, 11) is 5.11. The summed E-state index contributed by atoms with van der Waals surface area (Å²) < 4.78 is 16.2. The number of carbonyl (C=O) groups is 2. The molecule has 2 heterocycles. The summed E-state index contributed by atoms with van der Waals surface area (Å²) in [5, 5.41) is 0. The first-order chi connectivity index (χ1) is 18.6. The van der Waals surface area contributed by atoms with Gasteiger partial charge in [0.2, 0.25) is 11.8 Å². The molecular weight excluding hydrogens is 504 g/mol. The topological polar surface area (TPSA) is 68.3 Å². The van der Waals surface area contributed by atoms with E-state index in [1.165, 1.54) is 0 Å². The first-order valence-corrected chi connectivity index (χ1v) is 15.8. The zero-order chi connectivity index (χ0) is 30.9. The van der Waals surface area contributed by atoms with Gasteiger partial charge in [-0.15, -0.1) is 0 Å². The van der Waals surface area contributed by atoms with E-state index in [2.05, 4.69) is 72.1 Å². The van der Waals surface area contributed by atoms with E-state index in [0.29, 0.717) is 41.7 Å². The number of likely N-dealkylation sites (tertiary alicyclic amines) is 2. The lowest BCUT2D eigenvalue weighted by atomic mass is 9.88. The molecule has 0 spiro atoms. The van der Waals surface area contributed by atoms with Crippen LogP contribution in [0.3, 0.4) is 0 Å². The average Bonchev–Trinajstić information content (AvgIpc) is 3.48. The van der Waals surface area contributed by atoms with Crippen LogP contribution in [-0.4, -0.2) is 86.9 Å². The van der Waals surface area contributed by atoms with Crippen molar-refractivity contribution in [2.45, 2.75) is 113 Å². The normalized spacial score (nSPS) is 26.4. The lowest BCUT2D eigenvalue weighted by molar-refractivity contribution is -0.144. The highest BCUT2D eigenvalue weighted by Crippen LogP contribution is 2.33. The minimum absolute atomic E-state index is 0.0174. The number of amides is 2. The highest BCUT2D eigenvalue weighted by atomic mass is 16.5. The Morgan fingerprint density at radius 1 is 0.675 bits per heavy atom. The number of carbonyl (C=O) groups excluding carboxylic acids is 2. The predicted octanol–water partition coefficient (Wildman–Crippen LogP) is 6.00. The molecule has 0 aromatic rings. The van der Waals surface area contributed by atoms with Crippen LogP contribution in [0.4, 0.5) is 0 Å². The first kappa shape index (κ1) is 36.8. The fraction of sp³-hybridized carbons (Fsp3) is 0.939. The Kier molecular flexibility index (Phi) is 15.7. The number of hydrogen-bond acceptors (Lipinski definition) is 5. The fourth-order valence-corrected chi connectivity index (χ4v) is 6.90. The maximum atomic E-state index is 13.1. The van der Waals surface area contributed by atoms with Crippen molar-refractivity contribution in [1.82, 2.24) is 9.80 Å². The molecule has 7 nitrogen and oxygen atoms in total. The van der Waals surface area contributed by atoms with E-state index in [9.17, 15) is 9.59 Å². The second-order valence-electron chi connectivity index (χ2n) is 13.9. The lowest BCUT2D eigenvalue weighted by Gasteiger charge is -2.34. The van der Waals surface area contributed by atoms with Gasteiger partial charge in [0.1, 0.15) is 0 Å². The summed E-state index contributed by atoms with van der Waals surface area (Å²) >= 11 is 0. The van der Waals surface area contributed by atoms with Gasteiger partial charge in [-0.25, -0.2) is 0 Å². The van der Waals surface area contributed by atoms with Gasteiger partial charge in [0.15, 0.2) is 0 Å². The molecule has 2 saturated heterocycles. The van der Waals surface area contributed by atoms with Crippen molar-refractivity contribution in [3.8, 4) is 0 Å². The number of ether oxygens (including phenoxy) is 3. The van der Waals surface area contributed by atoms with Crippen molar-refractivity contribution in [3.05, 3.63) is 0 Å². The van der Waals surface area contributed by atoms with E-state index in [1.54, 1.807) is 21.3 Å². The summed E-state index contributed by atoms with van der Waals surface area (Å²) in [6.07, 6.45) is 2.11. The van der Waals surface area contributed by atoms with Crippen LogP contribution < -0.4 is 0 Å². The number of methoxy groups -OCH3 is 3. The van der Waals surface area contributed by atoms with Crippen LogP contribution >= 0.6 is 0 Å². The van der Waals surface area contributed by atoms with Gasteiger partial charge in [-0.1, -0.05) is 62.3 Å². The summed E-state index contributed by atoms with van der Waals surface area (Å²) in [5.74, 6) is 3.09. The van der Waals surface area contributed by atoms with Crippen molar-refractivity contribution < 1.29 is 23.8 Å². The average molecular weight is 569 g/mol. The Morgan fingerprint density at radius 3 is 1.43 bits per heavy atom. The highest BCUT2D eigenvalue weighted by molar-refractivity contribution is 5.81. The van der Waals surface area contributed by atoms with E-state index in [0.717, 1.165) is 32.5 Å². The molecule has 40 heavy (non-hydrogen) atoms. The molecule has 8 atom stereocenters. The zero-order valence-electron chi connectivity index (χ0n) is 28.4. The van der Waals surface area contributed by atoms with Gasteiger partial charge in [0.05, 0.1) is 30.7 Å². The Hall–Kier alpha value is -1.18. The maximum Gasteiger partial charge on any atom is 0.228 e. The first-order valence-electron chi connectivity index (χ1n) is 15.8. The molecule has 6 unspecified atom stereocenters. The minimum Gasteiger partial charge on any atom is -0.384 e. The second kappa shape index (κ2) is 17.1. The smallest absolute Gasteiger partial charge is 0.228 e. The number of nitrogens with zero attached hydrogens (tertiary/aromatic N) is 2. The van der Waals surface area contributed by atoms with Crippen molar-refractivity contribution in [1.29, 1.82) is 0 Å². The van der Waals surface area contributed by atoms with Crippen LogP contribution in [0.1, 0.15) is 89.0 Å². The lowest BCUT2D eigenvalue weighted by Crippen LogP contribution is -2.47. The van der Waals surface area contributed by atoms with Crippen LogP contribution in [0, 0.1) is 47.3 Å². The number of rotatable bonds is 12. The molecule has 2 amide bonds. The van der Waals surface area contributed by atoms with Gasteiger partial charge in [0.25, 0.3) is 0 Å². The maximum absolute atomic E-state index is 13.1. The van der Waals surface area contributed by atoms with Crippen molar-refractivity contribution in [2.24, 2.45) is 47.3 Å². The summed E-state index contributed by atoms with van der Waals surface area (Å²) in [4.78, 5) is 30.2. The van der Waals surface area contributed by atoms with Crippen LogP contribution in [0.15, 0.2) is 0 Å². The van der Waals surface area contributed by atoms with Gasteiger partial charge >= 0.3 is 0 Å². The SMILES string of the molecule is COC(C)C(C(=O)N1CC(C)C[C@H]1C(C)C)C(C)C.COCC1C[C@@H](C(C)C)N(C(=O)C(C(C)C)C(C)OC)C1. The molecule has 2 rings (SSSR count). The molecular formula is C33H64N2O5. The Labute approximate surface area is 247 Å². The van der Waals surface area contributed by atoms with Crippen molar-refractivity contribution >= 4 is 11.8 Å². The van der Waals surface area contributed by atoms with Gasteiger partial charge in [-0.2, -0.15) is 0 Å². The van der Waals surface area contributed by atoms with Gasteiger partial charge in [-0.3, -0.25) is 9.59 Å². The van der Waals surface area contributed by atoms with Crippen molar-refractivity contribution in [2.75, 3.05) is 41.0 Å². The molecule has 0 bridgehead atoms. The standard InChI is InChI=1S/C17H33NO3.C16H31NO2/c1-11(2)15-8-14(10-20-6)9-18(15)17(19)16(12(3)4)13(5)21-7;1-10(2)14-8-12(5)9-17(14)16(18)15(11(3)4)13(6)19-7/h11-16H,8-10H2,1-7H3;10-15H,8-9H2,1-7H3/t13?,14?,15-,16?;12?,13?,14-,15?/m00/s1. The molecule has 0 saturated carbocycles. The molecule has 0 aromatic carbocycles. The fourth-order valence-electron chi connectivity index (χ4n) is 6.90. The Balaban J connectivity index is 0.000000402. The minimum atomic E-state index is -0.0717. The molecule has 0 aliphatic carbocycles. The molecule has 0 N–H and O–H groups in total. The summed E-state index contributed by atoms with van der Waals surface area (Å²) in [6.45, 7) is 26.0. The van der Waals surface area contributed by atoms with Gasteiger partial charge < -0.3 is 24.0 Å². The highest BCUT2D eigenvalue weighted by Gasteiger charge is 2.42. The largest absolute Gasteiger partial charge is 0.384 e. The monoisotopic (exact) mass is 568 g/mol. The van der Waals surface area contributed by atoms with Crippen LogP contribution in [0.5, 0.6) is 0 Å². The molecule has 236 valence electrons. The van der Waals surface area contributed by atoms with E-state index >= 15 is 0 Å². The van der Waals surface area contributed by atoms with E-state index in [1.807, 2.05) is 13.8 Å². The Bertz CT molecular complexity index is 755. The number of hydrogen-bond donors (Lipinski definition) is 0. The van der Waals surface area contributed by atoms with E-state index in [4.69, 9.17) is 14.2 Å². The van der Waals surface area contributed by atoms with Gasteiger partial charge in [0, 0.05) is 52.4 Å². The molecule has 0 radical (unpaired) electrons. The molecule has 2 aliphatic rings. The predicted molar refractivity (Wildman–Crippen MR) is 164 cm³/mol. The third-order valence-electron chi connectivity index (χ3n) is 9.25. The second-order valence-corrected chi connectivity index (χ2v) is 13.9. The van der Waals surface area contributed by atoms with Crippen molar-refractivity contribution in [3.63, 3.8) is 0 Å². The third kappa shape index (κ3) is 9.69. The molecule has 2 fully saturated rings. The van der Waals surface area contributed by atoms with Gasteiger partial charge in [-0.05, 0) is 56.3 Å². The summed E-state index contributed by atoms with van der Waals surface area (Å²) in [5.41, 5.74) is 0.